The molecule has 0 unspecified atom stereocenters. The number of ether oxygens (including phenoxy) is 2. The number of aliphatic hydroxyl groups is 1. The molecule has 3 N–H and O–H groups in total. The number of aliphatic hydroxyl groups excluding tert-OH is 1. The van der Waals surface area contributed by atoms with Gasteiger partial charge in [-0.1, -0.05) is 11.6 Å². The lowest BCUT2D eigenvalue weighted by atomic mass is 10.0. The predicted octanol–water partition coefficient (Wildman–Crippen LogP) is 2.83. The quantitative estimate of drug-likeness (QED) is 0.442. The van der Waals surface area contributed by atoms with E-state index in [9.17, 15) is 5.11 Å². The number of benzene rings is 1. The van der Waals surface area contributed by atoms with Crippen LogP contribution in [0, 0.1) is 5.82 Å². The fourth-order valence-corrected chi connectivity index (χ4v) is 3.61. The van der Waals surface area contributed by atoms with Gasteiger partial charge in [-0.05, 0) is 6.07 Å². The van der Waals surface area contributed by atoms with Crippen LogP contribution < -0.4 is 4.74 Å². The molecule has 3 aromatic heterocycles. The molecule has 0 spiro atoms. The number of aromatic amines is 2. The standard InChI is InChI=1S/C18H18ClFN6O3/c1-26-15-9(4-11(29-3)13(19)14(15)20)12(8-5-21-22-6-8)16(26)18-23-17(24-25-18)10(27)7-28-2/h4-6,10,27H,7H2,1-3H3,(H,21,22)(H,23,24,25)/t10-/m1/s1. The summed E-state index contributed by atoms with van der Waals surface area (Å²) in [5.41, 5.74) is 2.20. The lowest BCUT2D eigenvalue weighted by Crippen LogP contribution is -2.07. The van der Waals surface area contributed by atoms with Crippen molar-refractivity contribution in [3.05, 3.63) is 35.1 Å². The van der Waals surface area contributed by atoms with E-state index in [0.29, 0.717) is 28.0 Å². The van der Waals surface area contributed by atoms with Crippen molar-refractivity contribution in [1.29, 1.82) is 0 Å². The van der Waals surface area contributed by atoms with Gasteiger partial charge in [0.2, 0.25) is 0 Å². The normalized spacial score (nSPS) is 12.6. The van der Waals surface area contributed by atoms with Crippen molar-refractivity contribution in [2.75, 3.05) is 20.8 Å². The number of fused-ring (bicyclic) bond motifs is 1. The average Bonchev–Trinajstić information content (AvgIpc) is 3.43. The van der Waals surface area contributed by atoms with Crippen LogP contribution in [0.25, 0.3) is 33.5 Å². The van der Waals surface area contributed by atoms with Crippen molar-refractivity contribution in [3.63, 3.8) is 0 Å². The fraction of sp³-hybridized carbons (Fsp3) is 0.278. The number of hydrogen-bond donors (Lipinski definition) is 3. The maximum absolute atomic E-state index is 15.1. The summed E-state index contributed by atoms with van der Waals surface area (Å²) in [5, 5.41) is 24.2. The van der Waals surface area contributed by atoms with Gasteiger partial charge in [0.15, 0.2) is 17.5 Å². The van der Waals surface area contributed by atoms with E-state index in [-0.39, 0.29) is 28.7 Å². The van der Waals surface area contributed by atoms with E-state index in [2.05, 4.69) is 25.4 Å². The van der Waals surface area contributed by atoms with Crippen LogP contribution >= 0.6 is 11.6 Å². The Hall–Kier alpha value is -2.95. The second kappa shape index (κ2) is 7.47. The minimum atomic E-state index is -0.997. The zero-order valence-corrected chi connectivity index (χ0v) is 16.6. The fourth-order valence-electron chi connectivity index (χ4n) is 3.39. The number of H-pyrrole nitrogens is 2. The summed E-state index contributed by atoms with van der Waals surface area (Å²) in [6.07, 6.45) is 2.31. The first-order valence-electron chi connectivity index (χ1n) is 8.61. The Kier molecular flexibility index (Phi) is 4.99. The topological polar surface area (TPSA) is 114 Å². The molecular formula is C18H18ClFN6O3. The Balaban J connectivity index is 2.03. The molecular weight excluding hydrogens is 403 g/mol. The molecule has 4 aromatic rings. The van der Waals surface area contributed by atoms with Crippen LogP contribution in [0.2, 0.25) is 5.02 Å². The van der Waals surface area contributed by atoms with E-state index in [1.807, 2.05) is 0 Å². The molecule has 1 aromatic carbocycles. The van der Waals surface area contributed by atoms with Crippen LogP contribution in [0.1, 0.15) is 11.9 Å². The Labute approximate surface area is 169 Å². The van der Waals surface area contributed by atoms with Gasteiger partial charge in [0.25, 0.3) is 0 Å². The minimum absolute atomic E-state index is 0.0441. The number of methoxy groups -OCH3 is 2. The van der Waals surface area contributed by atoms with Crippen LogP contribution in [-0.4, -0.2) is 55.9 Å². The molecule has 0 bridgehead atoms. The van der Waals surface area contributed by atoms with E-state index in [1.165, 1.54) is 14.2 Å². The van der Waals surface area contributed by atoms with Crippen molar-refractivity contribution < 1.29 is 19.0 Å². The monoisotopic (exact) mass is 420 g/mol. The van der Waals surface area contributed by atoms with Crippen molar-refractivity contribution in [2.24, 2.45) is 7.05 Å². The molecule has 3 heterocycles. The summed E-state index contributed by atoms with van der Waals surface area (Å²) >= 11 is 6.14. The van der Waals surface area contributed by atoms with Crippen LogP contribution in [0.5, 0.6) is 5.75 Å². The largest absolute Gasteiger partial charge is 0.495 e. The van der Waals surface area contributed by atoms with Gasteiger partial charge in [0.1, 0.15) is 16.9 Å². The lowest BCUT2D eigenvalue weighted by molar-refractivity contribution is 0.0590. The summed E-state index contributed by atoms with van der Waals surface area (Å²) in [4.78, 5) is 4.39. The molecule has 29 heavy (non-hydrogen) atoms. The Morgan fingerprint density at radius 1 is 1.38 bits per heavy atom. The van der Waals surface area contributed by atoms with Crippen LogP contribution in [-0.2, 0) is 11.8 Å². The minimum Gasteiger partial charge on any atom is -0.495 e. The van der Waals surface area contributed by atoms with E-state index < -0.39 is 11.9 Å². The highest BCUT2D eigenvalue weighted by Gasteiger charge is 2.27. The molecule has 0 saturated heterocycles. The molecule has 0 aliphatic heterocycles. The first kappa shape index (κ1) is 19.4. The smallest absolute Gasteiger partial charge is 0.181 e. The van der Waals surface area contributed by atoms with Gasteiger partial charge in [-0.2, -0.15) is 10.2 Å². The maximum atomic E-state index is 15.1. The molecule has 1 atom stereocenters. The molecule has 9 nitrogen and oxygen atoms in total. The summed E-state index contributed by atoms with van der Waals surface area (Å²) in [5.74, 6) is 0.117. The van der Waals surface area contributed by atoms with Crippen molar-refractivity contribution in [2.45, 2.75) is 6.10 Å². The van der Waals surface area contributed by atoms with Gasteiger partial charge in [-0.3, -0.25) is 10.2 Å². The van der Waals surface area contributed by atoms with Gasteiger partial charge in [-0.25, -0.2) is 9.37 Å². The third-order valence-electron chi connectivity index (χ3n) is 4.68. The van der Waals surface area contributed by atoms with Crippen LogP contribution in [0.15, 0.2) is 18.5 Å². The highest BCUT2D eigenvalue weighted by molar-refractivity contribution is 6.33. The number of hydrogen-bond acceptors (Lipinski definition) is 6. The number of rotatable bonds is 6. The SMILES string of the molecule is COC[C@@H](O)c1n[nH]c(-c2c(-c3cn[nH]c3)c3cc(OC)c(Cl)c(F)c3n2C)n1. The van der Waals surface area contributed by atoms with E-state index in [4.69, 9.17) is 21.1 Å². The van der Waals surface area contributed by atoms with Gasteiger partial charge >= 0.3 is 0 Å². The molecule has 4 rings (SSSR count). The summed E-state index contributed by atoms with van der Waals surface area (Å²) in [6.45, 7) is 0.0441. The third-order valence-corrected chi connectivity index (χ3v) is 5.03. The van der Waals surface area contributed by atoms with E-state index in [1.54, 1.807) is 30.1 Å². The molecule has 11 heteroatoms. The molecule has 0 aliphatic carbocycles. The zero-order chi connectivity index (χ0) is 20.7. The molecule has 0 aliphatic rings. The molecule has 0 fully saturated rings. The van der Waals surface area contributed by atoms with Crippen molar-refractivity contribution >= 4 is 22.5 Å². The van der Waals surface area contributed by atoms with Gasteiger partial charge in [0, 0.05) is 36.9 Å². The number of aromatic nitrogens is 6. The van der Waals surface area contributed by atoms with E-state index >= 15 is 4.39 Å². The summed E-state index contributed by atoms with van der Waals surface area (Å²) in [7, 11) is 4.59. The predicted molar refractivity (Wildman–Crippen MR) is 104 cm³/mol. The van der Waals surface area contributed by atoms with Crippen molar-refractivity contribution in [1.82, 2.24) is 29.9 Å². The first-order valence-corrected chi connectivity index (χ1v) is 8.98. The summed E-state index contributed by atoms with van der Waals surface area (Å²) in [6, 6.07) is 1.67. The maximum Gasteiger partial charge on any atom is 0.181 e. The number of nitrogens with one attached hydrogen (secondary N) is 2. The second-order valence-corrected chi connectivity index (χ2v) is 6.76. The van der Waals surface area contributed by atoms with Crippen LogP contribution in [0.3, 0.4) is 0 Å². The molecule has 0 saturated carbocycles. The Morgan fingerprint density at radius 3 is 2.83 bits per heavy atom. The molecule has 152 valence electrons. The first-order chi connectivity index (χ1) is 14.0. The van der Waals surface area contributed by atoms with Crippen LogP contribution in [0.4, 0.5) is 4.39 Å². The highest BCUT2D eigenvalue weighted by atomic mass is 35.5. The van der Waals surface area contributed by atoms with E-state index in [0.717, 1.165) is 0 Å². The summed E-state index contributed by atoms with van der Waals surface area (Å²) < 4.78 is 26.9. The van der Waals surface area contributed by atoms with Gasteiger partial charge in [0.05, 0.1) is 31.1 Å². The highest BCUT2D eigenvalue weighted by Crippen LogP contribution is 2.44. The Bertz CT molecular complexity index is 1170. The number of aryl methyl sites for hydroxylation is 1. The number of halogens is 2. The molecule has 0 amide bonds. The third kappa shape index (κ3) is 3.05. The zero-order valence-electron chi connectivity index (χ0n) is 15.8. The average molecular weight is 421 g/mol. The molecule has 0 radical (unpaired) electrons. The Morgan fingerprint density at radius 2 is 2.17 bits per heavy atom. The van der Waals surface area contributed by atoms with Gasteiger partial charge in [-0.15, -0.1) is 0 Å². The van der Waals surface area contributed by atoms with Crippen molar-refractivity contribution in [3.8, 4) is 28.4 Å². The second-order valence-electron chi connectivity index (χ2n) is 6.39. The van der Waals surface area contributed by atoms with Gasteiger partial charge < -0.3 is 19.1 Å². The lowest BCUT2D eigenvalue weighted by Gasteiger charge is -2.06. The number of nitrogens with zero attached hydrogens (tertiary/aromatic N) is 4.